The Bertz CT molecular complexity index is 797. The van der Waals surface area contributed by atoms with E-state index in [0.717, 1.165) is 10.7 Å². The van der Waals surface area contributed by atoms with E-state index in [1.165, 1.54) is 12.1 Å². The van der Waals surface area contributed by atoms with E-state index in [1.54, 1.807) is 23.5 Å². The third-order valence-electron chi connectivity index (χ3n) is 4.70. The van der Waals surface area contributed by atoms with Crippen molar-refractivity contribution in [2.75, 3.05) is 32.8 Å². The Hall–Kier alpha value is -1.83. The average molecular weight is 406 g/mol. The lowest BCUT2D eigenvalue weighted by atomic mass is 9.98. The Morgan fingerprint density at radius 3 is 2.75 bits per heavy atom. The molecular formula is C21H28FN3O2S. The van der Waals surface area contributed by atoms with Crippen LogP contribution in [0, 0.1) is 5.82 Å². The van der Waals surface area contributed by atoms with Gasteiger partial charge in [0.25, 0.3) is 0 Å². The van der Waals surface area contributed by atoms with Gasteiger partial charge in [0, 0.05) is 36.9 Å². The van der Waals surface area contributed by atoms with E-state index in [4.69, 9.17) is 4.74 Å². The van der Waals surface area contributed by atoms with Gasteiger partial charge < -0.3 is 10.1 Å². The van der Waals surface area contributed by atoms with Crippen LogP contribution >= 0.6 is 11.3 Å². The molecule has 1 aromatic heterocycles. The Kier molecular flexibility index (Phi) is 6.80. The molecule has 0 radical (unpaired) electrons. The van der Waals surface area contributed by atoms with E-state index < -0.39 is 6.04 Å². The molecule has 0 aliphatic carbocycles. The minimum Gasteiger partial charge on any atom is -0.379 e. The van der Waals surface area contributed by atoms with Crippen molar-refractivity contribution in [3.05, 3.63) is 51.7 Å². The first-order valence-electron chi connectivity index (χ1n) is 9.64. The van der Waals surface area contributed by atoms with Crippen molar-refractivity contribution in [2.45, 2.75) is 38.6 Å². The summed E-state index contributed by atoms with van der Waals surface area (Å²) in [4.78, 5) is 19.7. The topological polar surface area (TPSA) is 54.5 Å². The number of benzene rings is 1. The molecule has 1 fully saturated rings. The smallest absolute Gasteiger partial charge is 0.241 e. The van der Waals surface area contributed by atoms with Crippen molar-refractivity contribution >= 4 is 17.2 Å². The number of rotatable bonds is 6. The summed E-state index contributed by atoms with van der Waals surface area (Å²) in [6.45, 7) is 9.38. The lowest BCUT2D eigenvalue weighted by molar-refractivity contribution is -0.128. The molecule has 1 aromatic carbocycles. The predicted octanol–water partition coefficient (Wildman–Crippen LogP) is 3.31. The van der Waals surface area contributed by atoms with Crippen LogP contribution in [0.4, 0.5) is 4.39 Å². The molecule has 1 amide bonds. The second-order valence-electron chi connectivity index (χ2n) is 8.04. The molecule has 1 aliphatic rings. The zero-order valence-corrected chi connectivity index (χ0v) is 17.5. The Balaban J connectivity index is 1.65. The van der Waals surface area contributed by atoms with Crippen molar-refractivity contribution in [1.82, 2.24) is 15.2 Å². The largest absolute Gasteiger partial charge is 0.379 e. The first-order valence-corrected chi connectivity index (χ1v) is 10.5. The van der Waals surface area contributed by atoms with Gasteiger partial charge in [-0.3, -0.25) is 9.69 Å². The summed E-state index contributed by atoms with van der Waals surface area (Å²) < 4.78 is 19.2. The minimum absolute atomic E-state index is 0.0327. The highest BCUT2D eigenvalue weighted by molar-refractivity contribution is 7.09. The number of nitrogens with one attached hydrogen (secondary N) is 1. The van der Waals surface area contributed by atoms with Crippen molar-refractivity contribution in [3.63, 3.8) is 0 Å². The van der Waals surface area contributed by atoms with Gasteiger partial charge >= 0.3 is 0 Å². The Morgan fingerprint density at radius 2 is 2.11 bits per heavy atom. The SMILES string of the molecule is CC(C)(C)c1nc(CCNC(=O)C(c2cccc(F)c2)N2CCOCC2)cs1. The van der Waals surface area contributed by atoms with Crippen LogP contribution in [-0.2, 0) is 21.4 Å². The third-order valence-corrected chi connectivity index (χ3v) is 6.01. The molecule has 1 N–H and O–H groups in total. The molecule has 0 spiro atoms. The van der Waals surface area contributed by atoms with Gasteiger partial charge in [0.1, 0.15) is 11.9 Å². The number of thiazole rings is 1. The number of halogens is 1. The molecule has 7 heteroatoms. The van der Waals surface area contributed by atoms with E-state index in [0.29, 0.717) is 44.8 Å². The lowest BCUT2D eigenvalue weighted by Gasteiger charge is -2.33. The molecule has 2 aromatic rings. The Morgan fingerprint density at radius 1 is 1.36 bits per heavy atom. The number of hydrogen-bond donors (Lipinski definition) is 1. The summed E-state index contributed by atoms with van der Waals surface area (Å²) in [5, 5.41) is 6.17. The minimum atomic E-state index is -0.514. The quantitative estimate of drug-likeness (QED) is 0.801. The maximum Gasteiger partial charge on any atom is 0.241 e. The first kappa shape index (κ1) is 20.9. The number of aromatic nitrogens is 1. The molecular weight excluding hydrogens is 377 g/mol. The molecule has 2 heterocycles. The van der Waals surface area contributed by atoms with E-state index in [1.807, 2.05) is 4.90 Å². The van der Waals surface area contributed by atoms with Crippen LogP contribution in [0.3, 0.4) is 0 Å². The molecule has 1 unspecified atom stereocenters. The van der Waals surface area contributed by atoms with Gasteiger partial charge in [0.05, 0.1) is 23.9 Å². The summed E-state index contributed by atoms with van der Waals surface area (Å²) in [6, 6.07) is 5.77. The van der Waals surface area contributed by atoms with Crippen LogP contribution in [0.15, 0.2) is 29.6 Å². The highest BCUT2D eigenvalue weighted by atomic mass is 32.1. The standard InChI is InChI=1S/C21H28FN3O2S/c1-21(2,3)20-24-17(14-28-20)7-8-23-19(26)18(25-9-11-27-12-10-25)15-5-4-6-16(22)13-15/h4-6,13-14,18H,7-12H2,1-3H3,(H,23,26). The average Bonchev–Trinajstić information content (AvgIpc) is 3.12. The van der Waals surface area contributed by atoms with Crippen LogP contribution in [0.5, 0.6) is 0 Å². The van der Waals surface area contributed by atoms with E-state index in [2.05, 4.69) is 36.5 Å². The van der Waals surface area contributed by atoms with Gasteiger partial charge in [0.15, 0.2) is 0 Å². The fraction of sp³-hybridized carbons (Fsp3) is 0.524. The molecule has 28 heavy (non-hydrogen) atoms. The molecule has 0 bridgehead atoms. The van der Waals surface area contributed by atoms with Gasteiger partial charge in [-0.2, -0.15) is 0 Å². The zero-order chi connectivity index (χ0) is 20.1. The summed E-state index contributed by atoms with van der Waals surface area (Å²) in [7, 11) is 0. The van der Waals surface area contributed by atoms with Crippen molar-refractivity contribution in [2.24, 2.45) is 0 Å². The Labute approximate surface area is 169 Å². The highest BCUT2D eigenvalue weighted by Crippen LogP contribution is 2.26. The van der Waals surface area contributed by atoms with Crippen LogP contribution < -0.4 is 5.32 Å². The number of morpholine rings is 1. The molecule has 1 atom stereocenters. The molecule has 152 valence electrons. The van der Waals surface area contributed by atoms with Gasteiger partial charge in [-0.1, -0.05) is 32.9 Å². The number of hydrogen-bond acceptors (Lipinski definition) is 5. The molecule has 0 saturated carbocycles. The van der Waals surface area contributed by atoms with Gasteiger partial charge in [-0.25, -0.2) is 9.37 Å². The fourth-order valence-electron chi connectivity index (χ4n) is 3.22. The van der Waals surface area contributed by atoms with E-state index >= 15 is 0 Å². The molecule has 5 nitrogen and oxygen atoms in total. The first-order chi connectivity index (χ1) is 13.3. The number of nitrogens with zero attached hydrogens (tertiary/aromatic N) is 2. The number of amides is 1. The molecule has 1 saturated heterocycles. The highest BCUT2D eigenvalue weighted by Gasteiger charge is 2.29. The van der Waals surface area contributed by atoms with E-state index in [-0.39, 0.29) is 17.1 Å². The van der Waals surface area contributed by atoms with Crippen LogP contribution in [0.1, 0.15) is 43.1 Å². The number of carbonyl (C=O) groups is 1. The van der Waals surface area contributed by atoms with Gasteiger partial charge in [-0.15, -0.1) is 11.3 Å². The third kappa shape index (κ3) is 5.37. The fourth-order valence-corrected chi connectivity index (χ4v) is 4.16. The maximum absolute atomic E-state index is 13.7. The zero-order valence-electron chi connectivity index (χ0n) is 16.7. The number of carbonyl (C=O) groups excluding carboxylic acids is 1. The van der Waals surface area contributed by atoms with Crippen molar-refractivity contribution in [1.29, 1.82) is 0 Å². The normalized spacial score (nSPS) is 16.7. The monoisotopic (exact) mass is 405 g/mol. The second kappa shape index (κ2) is 9.11. The summed E-state index contributed by atoms with van der Waals surface area (Å²) in [6.07, 6.45) is 0.678. The van der Waals surface area contributed by atoms with Gasteiger partial charge in [-0.05, 0) is 17.7 Å². The summed E-state index contributed by atoms with van der Waals surface area (Å²) in [5.41, 5.74) is 1.69. The predicted molar refractivity (Wildman–Crippen MR) is 109 cm³/mol. The van der Waals surface area contributed by atoms with Crippen molar-refractivity contribution < 1.29 is 13.9 Å². The van der Waals surface area contributed by atoms with Crippen molar-refractivity contribution in [3.8, 4) is 0 Å². The van der Waals surface area contributed by atoms with E-state index in [9.17, 15) is 9.18 Å². The number of ether oxygens (including phenoxy) is 1. The molecule has 1 aliphatic heterocycles. The lowest BCUT2D eigenvalue weighted by Crippen LogP contribution is -2.46. The van der Waals surface area contributed by atoms with Gasteiger partial charge in [0.2, 0.25) is 5.91 Å². The molecule has 3 rings (SSSR count). The van der Waals surface area contributed by atoms with Crippen LogP contribution in [0.25, 0.3) is 0 Å². The maximum atomic E-state index is 13.7. The summed E-state index contributed by atoms with van der Waals surface area (Å²) >= 11 is 1.66. The summed E-state index contributed by atoms with van der Waals surface area (Å²) in [5.74, 6) is -0.445. The second-order valence-corrected chi connectivity index (χ2v) is 8.90. The van der Waals surface area contributed by atoms with Crippen LogP contribution in [-0.4, -0.2) is 48.6 Å². The van der Waals surface area contributed by atoms with Crippen LogP contribution in [0.2, 0.25) is 0 Å².